The first-order valence-corrected chi connectivity index (χ1v) is 9.40. The summed E-state index contributed by atoms with van der Waals surface area (Å²) in [5, 5.41) is 6.35. The molecule has 1 atom stereocenters. The Morgan fingerprint density at radius 1 is 1.18 bits per heavy atom. The molecule has 0 saturated carbocycles. The average Bonchev–Trinajstić information content (AvgIpc) is 2.67. The molecule has 0 aromatic heterocycles. The Morgan fingerprint density at radius 3 is 2.43 bits per heavy atom. The zero-order valence-corrected chi connectivity index (χ0v) is 19.1. The minimum absolute atomic E-state index is 0. The maximum Gasteiger partial charge on any atom is 0.416 e. The van der Waals surface area contributed by atoms with Crippen LogP contribution in [-0.4, -0.2) is 68.1 Å². The normalized spacial score (nSPS) is 17.7. The van der Waals surface area contributed by atoms with Crippen LogP contribution in [0.4, 0.5) is 13.2 Å². The molecule has 5 nitrogen and oxygen atoms in total. The van der Waals surface area contributed by atoms with Crippen LogP contribution in [0.1, 0.15) is 25.0 Å². The lowest BCUT2D eigenvalue weighted by atomic mass is 10.1. The predicted octanol–water partition coefficient (Wildman–Crippen LogP) is 3.01. The summed E-state index contributed by atoms with van der Waals surface area (Å²) in [6.07, 6.45) is -4.33. The van der Waals surface area contributed by atoms with Gasteiger partial charge in [-0.25, -0.2) is 0 Å². The van der Waals surface area contributed by atoms with Gasteiger partial charge < -0.3 is 15.5 Å². The molecule has 1 aromatic rings. The molecule has 1 aromatic carbocycles. The van der Waals surface area contributed by atoms with Gasteiger partial charge in [0.15, 0.2) is 5.96 Å². The van der Waals surface area contributed by atoms with Gasteiger partial charge in [-0.05, 0) is 31.2 Å². The van der Waals surface area contributed by atoms with Gasteiger partial charge in [0.05, 0.1) is 5.56 Å². The molecule has 1 saturated heterocycles. The van der Waals surface area contributed by atoms with Gasteiger partial charge in [-0.2, -0.15) is 13.2 Å². The second kappa shape index (κ2) is 11.8. The highest BCUT2D eigenvalue weighted by Crippen LogP contribution is 2.29. The van der Waals surface area contributed by atoms with Gasteiger partial charge in [0, 0.05) is 52.4 Å². The number of likely N-dealkylation sites (N-methyl/N-ethyl adjacent to an activating group) is 1. The molecule has 1 fully saturated rings. The molecular formula is C19H31F3IN5. The lowest BCUT2D eigenvalue weighted by Crippen LogP contribution is -2.53. The van der Waals surface area contributed by atoms with Crippen molar-refractivity contribution in [3.8, 4) is 0 Å². The second-order valence-electron chi connectivity index (χ2n) is 6.82. The van der Waals surface area contributed by atoms with E-state index in [2.05, 4.69) is 39.3 Å². The van der Waals surface area contributed by atoms with Gasteiger partial charge in [-0.3, -0.25) is 9.89 Å². The fraction of sp³-hybridized carbons (Fsp3) is 0.632. The number of guanidine groups is 1. The van der Waals surface area contributed by atoms with E-state index in [0.717, 1.165) is 51.4 Å². The number of hydrogen-bond donors (Lipinski definition) is 2. The van der Waals surface area contributed by atoms with Crippen molar-refractivity contribution in [3.63, 3.8) is 0 Å². The average molecular weight is 513 g/mol. The Morgan fingerprint density at radius 2 is 1.86 bits per heavy atom. The quantitative estimate of drug-likeness (QED) is 0.349. The Kier molecular flexibility index (Phi) is 10.5. The zero-order chi connectivity index (χ0) is 19.9. The minimum Gasteiger partial charge on any atom is -0.355 e. The molecule has 0 radical (unpaired) electrons. The first-order valence-electron chi connectivity index (χ1n) is 9.40. The van der Waals surface area contributed by atoms with E-state index in [1.807, 2.05) is 0 Å². The van der Waals surface area contributed by atoms with Crippen LogP contribution in [0.3, 0.4) is 0 Å². The first-order chi connectivity index (χ1) is 12.8. The lowest BCUT2D eigenvalue weighted by molar-refractivity contribution is -0.137. The Labute approximate surface area is 182 Å². The summed E-state index contributed by atoms with van der Waals surface area (Å²) >= 11 is 0. The number of hydrogen-bond acceptors (Lipinski definition) is 3. The highest BCUT2D eigenvalue weighted by atomic mass is 127. The Hall–Kier alpha value is -1.07. The molecule has 28 heavy (non-hydrogen) atoms. The summed E-state index contributed by atoms with van der Waals surface area (Å²) in [6, 6.07) is 5.70. The van der Waals surface area contributed by atoms with Gasteiger partial charge in [0.1, 0.15) is 0 Å². The Bertz CT molecular complexity index is 616. The molecule has 1 unspecified atom stereocenters. The van der Waals surface area contributed by atoms with Crippen molar-refractivity contribution >= 4 is 29.9 Å². The van der Waals surface area contributed by atoms with E-state index in [-0.39, 0.29) is 30.5 Å². The van der Waals surface area contributed by atoms with Crippen molar-refractivity contribution in [1.29, 1.82) is 0 Å². The molecule has 0 spiro atoms. The van der Waals surface area contributed by atoms with E-state index >= 15 is 0 Å². The number of aliphatic imine (C=N–C) groups is 1. The van der Waals surface area contributed by atoms with Gasteiger partial charge in [0.25, 0.3) is 0 Å². The molecule has 1 heterocycles. The third-order valence-corrected chi connectivity index (χ3v) is 4.98. The Balaban J connectivity index is 0.00000392. The second-order valence-corrected chi connectivity index (χ2v) is 6.82. The van der Waals surface area contributed by atoms with Crippen LogP contribution in [0.25, 0.3) is 0 Å². The van der Waals surface area contributed by atoms with Gasteiger partial charge in [-0.1, -0.05) is 19.1 Å². The van der Waals surface area contributed by atoms with Crippen molar-refractivity contribution in [2.24, 2.45) is 4.99 Å². The SMILES string of the molecule is CCN1CCN(C(C)CNC(=NC)NCc2cccc(C(F)(F)F)c2)CC1.I. The molecule has 1 aliphatic heterocycles. The highest BCUT2D eigenvalue weighted by Gasteiger charge is 2.30. The molecular weight excluding hydrogens is 482 g/mol. The number of nitrogens with zero attached hydrogens (tertiary/aromatic N) is 3. The molecule has 0 amide bonds. The number of halogens is 4. The van der Waals surface area contributed by atoms with E-state index in [1.165, 1.54) is 6.07 Å². The van der Waals surface area contributed by atoms with Crippen molar-refractivity contribution in [3.05, 3.63) is 35.4 Å². The first kappa shape index (κ1) is 25.0. The molecule has 9 heteroatoms. The summed E-state index contributed by atoms with van der Waals surface area (Å²) in [4.78, 5) is 9.04. The lowest BCUT2D eigenvalue weighted by Gasteiger charge is -2.37. The molecule has 1 aliphatic rings. The predicted molar refractivity (Wildman–Crippen MR) is 118 cm³/mol. The summed E-state index contributed by atoms with van der Waals surface area (Å²) in [7, 11) is 1.66. The van der Waals surface area contributed by atoms with Crippen molar-refractivity contribution < 1.29 is 13.2 Å². The van der Waals surface area contributed by atoms with Crippen LogP contribution in [0.2, 0.25) is 0 Å². The summed E-state index contributed by atoms with van der Waals surface area (Å²) in [6.45, 7) is 10.7. The van der Waals surface area contributed by atoms with E-state index in [1.54, 1.807) is 13.1 Å². The maximum atomic E-state index is 12.8. The number of benzene rings is 1. The van der Waals surface area contributed by atoms with Crippen LogP contribution < -0.4 is 10.6 Å². The summed E-state index contributed by atoms with van der Waals surface area (Å²) < 4.78 is 38.4. The number of rotatable bonds is 6. The topological polar surface area (TPSA) is 42.9 Å². The maximum absolute atomic E-state index is 12.8. The van der Waals surface area contributed by atoms with E-state index in [0.29, 0.717) is 17.6 Å². The van der Waals surface area contributed by atoms with Gasteiger partial charge in [-0.15, -0.1) is 24.0 Å². The van der Waals surface area contributed by atoms with Crippen molar-refractivity contribution in [1.82, 2.24) is 20.4 Å². The number of piperazine rings is 1. The number of alkyl halides is 3. The fourth-order valence-corrected chi connectivity index (χ4v) is 3.16. The van der Waals surface area contributed by atoms with Crippen LogP contribution in [-0.2, 0) is 12.7 Å². The van der Waals surface area contributed by atoms with Crippen LogP contribution >= 0.6 is 24.0 Å². The zero-order valence-electron chi connectivity index (χ0n) is 16.7. The van der Waals surface area contributed by atoms with E-state index in [9.17, 15) is 13.2 Å². The molecule has 160 valence electrons. The van der Waals surface area contributed by atoms with Crippen LogP contribution in [0.5, 0.6) is 0 Å². The van der Waals surface area contributed by atoms with Crippen molar-refractivity contribution in [2.75, 3.05) is 46.3 Å². The summed E-state index contributed by atoms with van der Waals surface area (Å²) in [5.41, 5.74) is -0.0684. The molecule has 0 aliphatic carbocycles. The fourth-order valence-electron chi connectivity index (χ4n) is 3.16. The number of nitrogens with one attached hydrogen (secondary N) is 2. The molecule has 0 bridgehead atoms. The highest BCUT2D eigenvalue weighted by molar-refractivity contribution is 14.0. The monoisotopic (exact) mass is 513 g/mol. The van der Waals surface area contributed by atoms with Gasteiger partial charge >= 0.3 is 6.18 Å². The third kappa shape index (κ3) is 7.75. The third-order valence-electron chi connectivity index (χ3n) is 4.98. The minimum atomic E-state index is -4.33. The summed E-state index contributed by atoms with van der Waals surface area (Å²) in [5.74, 6) is 0.589. The van der Waals surface area contributed by atoms with E-state index < -0.39 is 11.7 Å². The molecule has 2 rings (SSSR count). The van der Waals surface area contributed by atoms with Crippen LogP contribution in [0.15, 0.2) is 29.3 Å². The van der Waals surface area contributed by atoms with Crippen molar-refractivity contribution in [2.45, 2.75) is 32.6 Å². The van der Waals surface area contributed by atoms with E-state index in [4.69, 9.17) is 0 Å². The van der Waals surface area contributed by atoms with Crippen LogP contribution in [0, 0.1) is 0 Å². The smallest absolute Gasteiger partial charge is 0.355 e. The van der Waals surface area contributed by atoms with Gasteiger partial charge in [0.2, 0.25) is 0 Å². The molecule has 2 N–H and O–H groups in total. The largest absolute Gasteiger partial charge is 0.416 e. The standard InChI is InChI=1S/C19H30F3N5.HI/c1-4-26-8-10-27(11-9-26)15(2)13-24-18(23-3)25-14-16-6-5-7-17(12-16)19(20,21)22;/h5-7,12,15H,4,8-11,13-14H2,1-3H3,(H2,23,24,25);1H.